The zero-order chi connectivity index (χ0) is 12.1. The van der Waals surface area contributed by atoms with Crippen LogP contribution >= 0.6 is 0 Å². The van der Waals surface area contributed by atoms with E-state index in [2.05, 4.69) is 18.2 Å². The summed E-state index contributed by atoms with van der Waals surface area (Å²) in [6.45, 7) is 0.830. The van der Waals surface area contributed by atoms with E-state index in [-0.39, 0.29) is 6.04 Å². The molecule has 96 valence electrons. The van der Waals surface area contributed by atoms with Crippen molar-refractivity contribution in [2.45, 2.75) is 38.1 Å². The van der Waals surface area contributed by atoms with Gasteiger partial charge in [0.25, 0.3) is 0 Å². The summed E-state index contributed by atoms with van der Waals surface area (Å²) in [5, 5.41) is 0. The number of hydrogen-bond donors (Lipinski definition) is 1. The molecule has 1 heterocycles. The standard InChI is InChI=1S/C16H21NO/c17-15(14-11-5-1-2-6-12(11)14)13-7-3-4-10-8-9-18-16(10)13/h3-4,7,11-12,14-15H,1-2,5-6,8-9,17H2. The molecule has 2 N–H and O–H groups in total. The van der Waals surface area contributed by atoms with Gasteiger partial charge in [0, 0.05) is 18.0 Å². The van der Waals surface area contributed by atoms with E-state index in [1.54, 1.807) is 0 Å². The highest BCUT2D eigenvalue weighted by Gasteiger charge is 2.53. The number of ether oxygens (including phenoxy) is 1. The van der Waals surface area contributed by atoms with E-state index >= 15 is 0 Å². The van der Waals surface area contributed by atoms with E-state index in [1.807, 2.05) is 0 Å². The predicted octanol–water partition coefficient (Wildman–Crippen LogP) is 3.06. The van der Waals surface area contributed by atoms with Crippen LogP contribution in [-0.4, -0.2) is 6.61 Å². The van der Waals surface area contributed by atoms with Crippen LogP contribution in [0.1, 0.15) is 42.9 Å². The number of hydrogen-bond acceptors (Lipinski definition) is 2. The van der Waals surface area contributed by atoms with E-state index in [0.717, 1.165) is 36.5 Å². The average Bonchev–Trinajstić information content (AvgIpc) is 2.93. The molecule has 0 spiro atoms. The minimum atomic E-state index is 0.200. The third kappa shape index (κ3) is 1.51. The fourth-order valence-electron chi connectivity index (χ4n) is 4.29. The van der Waals surface area contributed by atoms with Crippen molar-refractivity contribution >= 4 is 0 Å². The Balaban J connectivity index is 1.62. The molecule has 0 bridgehead atoms. The van der Waals surface area contributed by atoms with Crippen molar-refractivity contribution in [1.82, 2.24) is 0 Å². The molecule has 0 amide bonds. The monoisotopic (exact) mass is 243 g/mol. The first kappa shape index (κ1) is 10.9. The smallest absolute Gasteiger partial charge is 0.127 e. The highest BCUT2D eigenvalue weighted by atomic mass is 16.5. The molecule has 1 aromatic carbocycles. The summed E-state index contributed by atoms with van der Waals surface area (Å²) in [4.78, 5) is 0. The van der Waals surface area contributed by atoms with Gasteiger partial charge < -0.3 is 10.5 Å². The summed E-state index contributed by atoms with van der Waals surface area (Å²) in [6, 6.07) is 6.71. The van der Waals surface area contributed by atoms with E-state index in [0.29, 0.717) is 0 Å². The summed E-state index contributed by atoms with van der Waals surface area (Å²) in [7, 11) is 0. The van der Waals surface area contributed by atoms with E-state index in [9.17, 15) is 0 Å². The molecule has 0 aromatic heterocycles. The zero-order valence-corrected chi connectivity index (χ0v) is 10.8. The van der Waals surface area contributed by atoms with Crippen LogP contribution in [0, 0.1) is 17.8 Å². The van der Waals surface area contributed by atoms with Gasteiger partial charge in [0.2, 0.25) is 0 Å². The number of para-hydroxylation sites is 1. The lowest BCUT2D eigenvalue weighted by Gasteiger charge is -2.15. The highest BCUT2D eigenvalue weighted by Crippen LogP contribution is 2.60. The molecule has 3 atom stereocenters. The van der Waals surface area contributed by atoms with Crippen LogP contribution in [0.4, 0.5) is 0 Å². The van der Waals surface area contributed by atoms with E-state index < -0.39 is 0 Å². The minimum Gasteiger partial charge on any atom is -0.493 e. The first-order chi connectivity index (χ1) is 8.86. The molecule has 3 unspecified atom stereocenters. The Morgan fingerprint density at radius 3 is 2.72 bits per heavy atom. The molecule has 3 aliphatic rings. The number of benzene rings is 1. The lowest BCUT2D eigenvalue weighted by molar-refractivity contribution is 0.349. The Morgan fingerprint density at radius 1 is 1.17 bits per heavy atom. The molecule has 1 aliphatic heterocycles. The third-order valence-electron chi connectivity index (χ3n) is 5.24. The molecule has 1 aromatic rings. The van der Waals surface area contributed by atoms with Crippen molar-refractivity contribution in [2.75, 3.05) is 6.61 Å². The Hall–Kier alpha value is -1.02. The van der Waals surface area contributed by atoms with Crippen LogP contribution in [0.3, 0.4) is 0 Å². The molecule has 0 saturated heterocycles. The van der Waals surface area contributed by atoms with E-state index in [1.165, 1.54) is 36.8 Å². The molecule has 18 heavy (non-hydrogen) atoms. The van der Waals surface area contributed by atoms with Gasteiger partial charge in [0.05, 0.1) is 6.61 Å². The molecule has 2 nitrogen and oxygen atoms in total. The Kier molecular flexibility index (Phi) is 2.41. The maximum atomic E-state index is 6.55. The van der Waals surface area contributed by atoms with Gasteiger partial charge in [0.1, 0.15) is 5.75 Å². The Morgan fingerprint density at radius 2 is 1.94 bits per heavy atom. The van der Waals surface area contributed by atoms with Crippen molar-refractivity contribution in [2.24, 2.45) is 23.5 Å². The number of fused-ring (bicyclic) bond motifs is 2. The van der Waals surface area contributed by atoms with Gasteiger partial charge >= 0.3 is 0 Å². The summed E-state index contributed by atoms with van der Waals surface area (Å²) >= 11 is 0. The first-order valence-electron chi connectivity index (χ1n) is 7.36. The second-order valence-electron chi connectivity index (χ2n) is 6.15. The molecular formula is C16H21NO. The Bertz CT molecular complexity index is 458. The van der Waals surface area contributed by atoms with Gasteiger partial charge in [-0.05, 0) is 36.2 Å². The van der Waals surface area contributed by atoms with Crippen molar-refractivity contribution in [3.05, 3.63) is 29.3 Å². The quantitative estimate of drug-likeness (QED) is 0.866. The molecule has 0 radical (unpaired) electrons. The van der Waals surface area contributed by atoms with Crippen LogP contribution in [0.2, 0.25) is 0 Å². The SMILES string of the molecule is NC(c1cccc2c1OCC2)C1C2CCCCC21. The van der Waals surface area contributed by atoms with Crippen LogP contribution in [0.5, 0.6) is 5.75 Å². The third-order valence-corrected chi connectivity index (χ3v) is 5.24. The van der Waals surface area contributed by atoms with Crippen molar-refractivity contribution in [1.29, 1.82) is 0 Å². The fourth-order valence-corrected chi connectivity index (χ4v) is 4.29. The largest absolute Gasteiger partial charge is 0.493 e. The normalized spacial score (nSPS) is 34.4. The number of rotatable bonds is 2. The fraction of sp³-hybridized carbons (Fsp3) is 0.625. The zero-order valence-electron chi connectivity index (χ0n) is 10.8. The van der Waals surface area contributed by atoms with Crippen molar-refractivity contribution in [3.8, 4) is 5.75 Å². The Labute approximate surface area is 109 Å². The maximum Gasteiger partial charge on any atom is 0.127 e. The molecule has 2 aliphatic carbocycles. The van der Waals surface area contributed by atoms with E-state index in [4.69, 9.17) is 10.5 Å². The van der Waals surface area contributed by atoms with Gasteiger partial charge in [-0.1, -0.05) is 31.0 Å². The number of nitrogens with two attached hydrogens (primary N) is 1. The van der Waals surface area contributed by atoms with Crippen molar-refractivity contribution < 1.29 is 4.74 Å². The first-order valence-corrected chi connectivity index (χ1v) is 7.36. The van der Waals surface area contributed by atoms with Gasteiger partial charge in [-0.3, -0.25) is 0 Å². The van der Waals surface area contributed by atoms with Crippen LogP contribution in [0.25, 0.3) is 0 Å². The summed E-state index contributed by atoms with van der Waals surface area (Å²) in [6.07, 6.45) is 6.67. The van der Waals surface area contributed by atoms with Gasteiger partial charge in [-0.15, -0.1) is 0 Å². The topological polar surface area (TPSA) is 35.2 Å². The second-order valence-corrected chi connectivity index (χ2v) is 6.15. The average molecular weight is 243 g/mol. The molecule has 2 fully saturated rings. The molecular weight excluding hydrogens is 222 g/mol. The summed E-state index contributed by atoms with van der Waals surface area (Å²) in [5.41, 5.74) is 9.17. The second kappa shape index (κ2) is 3.99. The van der Waals surface area contributed by atoms with Crippen LogP contribution < -0.4 is 10.5 Å². The summed E-state index contributed by atoms with van der Waals surface area (Å²) in [5.74, 6) is 3.65. The molecule has 4 rings (SSSR count). The van der Waals surface area contributed by atoms with Crippen molar-refractivity contribution in [3.63, 3.8) is 0 Å². The highest BCUT2D eigenvalue weighted by molar-refractivity contribution is 5.46. The lowest BCUT2D eigenvalue weighted by atomic mass is 9.97. The maximum absolute atomic E-state index is 6.55. The predicted molar refractivity (Wildman–Crippen MR) is 71.5 cm³/mol. The molecule has 2 heteroatoms. The van der Waals surface area contributed by atoms with Crippen LogP contribution in [-0.2, 0) is 6.42 Å². The summed E-state index contributed by atoms with van der Waals surface area (Å²) < 4.78 is 5.80. The van der Waals surface area contributed by atoms with Crippen LogP contribution in [0.15, 0.2) is 18.2 Å². The van der Waals surface area contributed by atoms with Gasteiger partial charge in [-0.25, -0.2) is 0 Å². The van der Waals surface area contributed by atoms with Gasteiger partial charge in [-0.2, -0.15) is 0 Å². The lowest BCUT2D eigenvalue weighted by Crippen LogP contribution is -2.15. The minimum absolute atomic E-state index is 0.200. The van der Waals surface area contributed by atoms with Gasteiger partial charge in [0.15, 0.2) is 0 Å². The molecule has 2 saturated carbocycles.